The van der Waals surface area contributed by atoms with E-state index in [-0.39, 0.29) is 5.75 Å². The van der Waals surface area contributed by atoms with E-state index < -0.39 is 0 Å². The average Bonchev–Trinajstić information content (AvgIpc) is 2.29. The van der Waals surface area contributed by atoms with Crippen molar-refractivity contribution in [1.82, 2.24) is 4.57 Å². The zero-order valence-electron chi connectivity index (χ0n) is 6.56. The van der Waals surface area contributed by atoms with Crippen molar-refractivity contribution in [2.75, 3.05) is 0 Å². The number of aryl methyl sites for hydroxylation is 1. The lowest BCUT2D eigenvalue weighted by atomic mass is 10.3. The van der Waals surface area contributed by atoms with Gasteiger partial charge in [-0.25, -0.2) is 9.30 Å². The van der Waals surface area contributed by atoms with Gasteiger partial charge in [-0.3, -0.25) is 0 Å². The number of phenols is 1. The number of aromatic hydroxyl groups is 1. The lowest BCUT2D eigenvalue weighted by molar-refractivity contribution is -0.577. The molecule has 2 aromatic rings. The van der Waals surface area contributed by atoms with Gasteiger partial charge in [0.2, 0.25) is 11.8 Å². The first-order chi connectivity index (χ1) is 5.70. The highest BCUT2D eigenvalue weighted by Gasteiger charge is 2.11. The highest BCUT2D eigenvalue weighted by Crippen LogP contribution is 2.20. The van der Waals surface area contributed by atoms with Gasteiger partial charge in [-0.15, -0.1) is 0 Å². The maximum atomic E-state index is 11.1. The van der Waals surface area contributed by atoms with Crippen LogP contribution in [0.1, 0.15) is 0 Å². The van der Waals surface area contributed by atoms with E-state index in [0.29, 0.717) is 11.0 Å². The Bertz CT molecular complexity index is 434. The van der Waals surface area contributed by atoms with Gasteiger partial charge >= 0.3 is 0 Å². The number of nitrogens with zero attached hydrogens (tertiary/aromatic N) is 2. The molecule has 0 aliphatic carbocycles. The second-order valence-corrected chi connectivity index (χ2v) is 2.70. The summed E-state index contributed by atoms with van der Waals surface area (Å²) in [4.78, 5) is 0. The fourth-order valence-electron chi connectivity index (χ4n) is 1.34. The van der Waals surface area contributed by atoms with Crippen LogP contribution in [-0.4, -0.2) is 9.67 Å². The largest absolute Gasteiger partial charge is 0.710 e. The Morgan fingerprint density at radius 3 is 2.92 bits per heavy atom. The molecule has 0 aliphatic heterocycles. The number of imidazole rings is 1. The third kappa shape index (κ3) is 0.747. The zero-order valence-corrected chi connectivity index (χ0v) is 6.56. The Morgan fingerprint density at radius 2 is 2.25 bits per heavy atom. The number of benzene rings is 1. The van der Waals surface area contributed by atoms with Crippen molar-refractivity contribution >= 4 is 11.0 Å². The minimum absolute atomic E-state index is 0.129. The van der Waals surface area contributed by atoms with Gasteiger partial charge < -0.3 is 10.3 Å². The molecular weight excluding hydrogens is 156 g/mol. The number of phenolic OH excluding ortho intramolecular Hbond substituents is 1. The summed E-state index contributed by atoms with van der Waals surface area (Å²) in [6.07, 6.45) is 1.38. The maximum Gasteiger partial charge on any atom is 0.247 e. The van der Waals surface area contributed by atoms with Gasteiger partial charge in [-0.05, 0) is 12.1 Å². The fourth-order valence-corrected chi connectivity index (χ4v) is 1.34. The molecule has 1 heterocycles. The molecule has 1 aromatic heterocycles. The Labute approximate surface area is 68.9 Å². The van der Waals surface area contributed by atoms with Crippen LogP contribution in [0, 0.1) is 5.21 Å². The van der Waals surface area contributed by atoms with E-state index in [0.717, 1.165) is 4.73 Å². The van der Waals surface area contributed by atoms with Crippen LogP contribution in [0.15, 0.2) is 24.5 Å². The van der Waals surface area contributed by atoms with Gasteiger partial charge in [-0.2, -0.15) is 0 Å². The molecule has 0 saturated carbocycles. The van der Waals surface area contributed by atoms with Crippen molar-refractivity contribution in [1.29, 1.82) is 0 Å². The van der Waals surface area contributed by atoms with Crippen LogP contribution in [0.2, 0.25) is 0 Å². The molecule has 0 bridgehead atoms. The van der Waals surface area contributed by atoms with Gasteiger partial charge in [0.1, 0.15) is 0 Å². The monoisotopic (exact) mass is 164 g/mol. The van der Waals surface area contributed by atoms with Crippen molar-refractivity contribution < 1.29 is 9.84 Å². The summed E-state index contributed by atoms with van der Waals surface area (Å²) in [6, 6.07) is 4.87. The first-order valence-electron chi connectivity index (χ1n) is 3.56. The summed E-state index contributed by atoms with van der Waals surface area (Å²) in [7, 11) is 1.72. The first-order valence-corrected chi connectivity index (χ1v) is 3.56. The molecule has 0 saturated heterocycles. The molecule has 12 heavy (non-hydrogen) atoms. The number of rotatable bonds is 0. The van der Waals surface area contributed by atoms with Crippen LogP contribution < -0.4 is 4.73 Å². The number of hydrogen-bond donors (Lipinski definition) is 1. The van der Waals surface area contributed by atoms with Crippen molar-refractivity contribution in [2.45, 2.75) is 0 Å². The molecule has 0 fully saturated rings. The summed E-state index contributed by atoms with van der Waals surface area (Å²) in [5, 5.41) is 20.5. The molecule has 1 aromatic carbocycles. The van der Waals surface area contributed by atoms with Gasteiger partial charge in [0.25, 0.3) is 0 Å². The predicted octanol–water partition coefficient (Wildman–Crippen LogP) is 0.517. The molecule has 0 unspecified atom stereocenters. The molecule has 0 atom stereocenters. The topological polar surface area (TPSA) is 52.1 Å². The molecule has 4 heteroatoms. The van der Waals surface area contributed by atoms with Crippen molar-refractivity contribution in [3.8, 4) is 5.75 Å². The van der Waals surface area contributed by atoms with Crippen LogP contribution in [0.5, 0.6) is 5.75 Å². The van der Waals surface area contributed by atoms with Crippen LogP contribution >= 0.6 is 0 Å². The standard InChI is InChI=1S/C8H8N2O2/c1-9-5-10(12)6-3-2-4-7(11)8(6)9/h2-5,11H,1H3. The zero-order chi connectivity index (χ0) is 8.72. The molecule has 0 radical (unpaired) electrons. The Balaban J connectivity index is 2.99. The minimum Gasteiger partial charge on any atom is -0.710 e. The van der Waals surface area contributed by atoms with E-state index in [2.05, 4.69) is 0 Å². The van der Waals surface area contributed by atoms with Crippen LogP contribution in [0.25, 0.3) is 11.0 Å². The molecule has 4 nitrogen and oxygen atoms in total. The molecular formula is C8H8N2O2. The predicted molar refractivity (Wildman–Crippen MR) is 43.5 cm³/mol. The van der Waals surface area contributed by atoms with E-state index in [1.807, 2.05) is 0 Å². The van der Waals surface area contributed by atoms with Gasteiger partial charge in [-0.1, -0.05) is 6.07 Å². The number of aromatic nitrogens is 2. The fraction of sp³-hybridized carbons (Fsp3) is 0.125. The van der Waals surface area contributed by atoms with E-state index >= 15 is 0 Å². The van der Waals surface area contributed by atoms with Crippen molar-refractivity contribution in [2.24, 2.45) is 7.05 Å². The SMILES string of the molecule is Cn1c[n+]([O-])c2cccc(O)c21. The van der Waals surface area contributed by atoms with E-state index in [1.165, 1.54) is 6.33 Å². The summed E-state index contributed by atoms with van der Waals surface area (Å²) in [5.41, 5.74) is 1.05. The van der Waals surface area contributed by atoms with Gasteiger partial charge in [0.05, 0.1) is 7.05 Å². The number of fused-ring (bicyclic) bond motifs is 1. The van der Waals surface area contributed by atoms with Gasteiger partial charge in [0, 0.05) is 0 Å². The van der Waals surface area contributed by atoms with Gasteiger partial charge in [0.15, 0.2) is 11.3 Å². The minimum atomic E-state index is 0.129. The van der Waals surface area contributed by atoms with E-state index in [4.69, 9.17) is 0 Å². The normalized spacial score (nSPS) is 10.8. The highest BCUT2D eigenvalue weighted by molar-refractivity contribution is 5.78. The molecule has 2 rings (SSSR count). The summed E-state index contributed by atoms with van der Waals surface area (Å²) >= 11 is 0. The van der Waals surface area contributed by atoms with Crippen molar-refractivity contribution in [3.05, 3.63) is 29.7 Å². The second kappa shape index (κ2) is 2.14. The summed E-state index contributed by atoms with van der Waals surface area (Å²) in [6.45, 7) is 0. The number of hydrogen-bond acceptors (Lipinski definition) is 2. The summed E-state index contributed by atoms with van der Waals surface area (Å²) in [5.74, 6) is 0.129. The van der Waals surface area contributed by atoms with E-state index in [1.54, 1.807) is 29.8 Å². The lowest BCUT2D eigenvalue weighted by Crippen LogP contribution is -2.22. The molecule has 0 aliphatic rings. The smallest absolute Gasteiger partial charge is 0.247 e. The Hall–Kier alpha value is -1.71. The lowest BCUT2D eigenvalue weighted by Gasteiger charge is -1.95. The van der Waals surface area contributed by atoms with Crippen LogP contribution in [-0.2, 0) is 7.05 Å². The summed E-state index contributed by atoms with van der Waals surface area (Å²) < 4.78 is 2.33. The quantitative estimate of drug-likeness (QED) is 0.455. The first kappa shape index (κ1) is 6.97. The highest BCUT2D eigenvalue weighted by atomic mass is 16.5. The molecule has 1 N–H and O–H groups in total. The third-order valence-corrected chi connectivity index (χ3v) is 1.86. The van der Waals surface area contributed by atoms with Crippen LogP contribution in [0.3, 0.4) is 0 Å². The Morgan fingerprint density at radius 1 is 1.50 bits per heavy atom. The molecule has 0 spiro atoms. The molecule has 62 valence electrons. The third-order valence-electron chi connectivity index (χ3n) is 1.86. The van der Waals surface area contributed by atoms with Crippen LogP contribution in [0.4, 0.5) is 0 Å². The molecule has 0 amide bonds. The van der Waals surface area contributed by atoms with E-state index in [9.17, 15) is 10.3 Å². The maximum absolute atomic E-state index is 11.1. The second-order valence-electron chi connectivity index (χ2n) is 2.70. The Kier molecular flexibility index (Phi) is 1.24. The number of para-hydroxylation sites is 1. The van der Waals surface area contributed by atoms with Crippen molar-refractivity contribution in [3.63, 3.8) is 0 Å². The average molecular weight is 164 g/mol.